The number of hydrogen-bond donors (Lipinski definition) is 1. The Bertz CT molecular complexity index is 625. The number of carbonyl (C=O) groups excluding carboxylic acids is 1. The zero-order chi connectivity index (χ0) is 15.3. The van der Waals surface area contributed by atoms with Crippen molar-refractivity contribution in [3.05, 3.63) is 42.5 Å². The molecule has 0 saturated heterocycles. The average molecular weight is 303 g/mol. The number of hydrogen-bond acceptors (Lipinski definition) is 4. The van der Waals surface area contributed by atoms with Crippen LogP contribution >= 0.6 is 11.8 Å². The van der Waals surface area contributed by atoms with Gasteiger partial charge in [0.25, 0.3) is 0 Å². The summed E-state index contributed by atoms with van der Waals surface area (Å²) in [4.78, 5) is 12.9. The first-order valence-electron chi connectivity index (χ1n) is 7.10. The highest BCUT2D eigenvalue weighted by Gasteiger charge is 2.29. The van der Waals surface area contributed by atoms with Crippen LogP contribution in [0.15, 0.2) is 47.4 Å². The van der Waals surface area contributed by atoms with Gasteiger partial charge in [0.1, 0.15) is 5.54 Å². The van der Waals surface area contributed by atoms with Crippen molar-refractivity contribution >= 4 is 28.5 Å². The molecule has 0 bridgehead atoms. The quantitative estimate of drug-likeness (QED) is 0.654. The van der Waals surface area contributed by atoms with Gasteiger partial charge in [-0.3, -0.25) is 4.79 Å². The number of thioether (sulfide) groups is 1. The summed E-state index contributed by atoms with van der Waals surface area (Å²) in [7, 11) is 0. The molecule has 21 heavy (non-hydrogen) atoms. The Labute approximate surface area is 129 Å². The Morgan fingerprint density at radius 3 is 2.67 bits per heavy atom. The van der Waals surface area contributed by atoms with Gasteiger partial charge in [-0.15, -0.1) is 11.8 Å². The SMILES string of the molecule is CCOC(=O)C(C)(N)CCSc1ccc2ccccc2c1. The third kappa shape index (κ3) is 4.22. The minimum absolute atomic E-state index is 0.330. The maximum Gasteiger partial charge on any atom is 0.325 e. The standard InChI is InChI=1S/C17H21NO2S/c1-3-20-16(19)17(2,18)10-11-21-15-9-8-13-6-4-5-7-14(13)12-15/h4-9,12H,3,10-11,18H2,1-2H3. The molecule has 2 aromatic rings. The lowest BCUT2D eigenvalue weighted by Crippen LogP contribution is -2.46. The van der Waals surface area contributed by atoms with Crippen molar-refractivity contribution in [1.29, 1.82) is 0 Å². The maximum atomic E-state index is 11.7. The summed E-state index contributed by atoms with van der Waals surface area (Å²) in [5.74, 6) is 0.452. The topological polar surface area (TPSA) is 52.3 Å². The smallest absolute Gasteiger partial charge is 0.325 e. The fraction of sp³-hybridized carbons (Fsp3) is 0.353. The zero-order valence-corrected chi connectivity index (χ0v) is 13.3. The molecule has 3 nitrogen and oxygen atoms in total. The number of benzene rings is 2. The minimum atomic E-state index is -0.917. The number of nitrogens with two attached hydrogens (primary N) is 1. The summed E-state index contributed by atoms with van der Waals surface area (Å²) in [5.41, 5.74) is 5.10. The van der Waals surface area contributed by atoms with Crippen LogP contribution in [0.5, 0.6) is 0 Å². The van der Waals surface area contributed by atoms with E-state index in [2.05, 4.69) is 30.3 Å². The van der Waals surface area contributed by atoms with Crippen LogP contribution in [0.3, 0.4) is 0 Å². The fourth-order valence-corrected chi connectivity index (χ4v) is 3.17. The van der Waals surface area contributed by atoms with Gasteiger partial charge in [-0.1, -0.05) is 30.3 Å². The van der Waals surface area contributed by atoms with Gasteiger partial charge in [0, 0.05) is 10.6 Å². The summed E-state index contributed by atoms with van der Waals surface area (Å²) in [6.07, 6.45) is 0.587. The van der Waals surface area contributed by atoms with Crippen LogP contribution in [-0.4, -0.2) is 23.9 Å². The highest BCUT2D eigenvalue weighted by Crippen LogP contribution is 2.25. The van der Waals surface area contributed by atoms with Crippen molar-refractivity contribution in [3.63, 3.8) is 0 Å². The Hall–Kier alpha value is -1.52. The lowest BCUT2D eigenvalue weighted by molar-refractivity contribution is -0.149. The Morgan fingerprint density at radius 2 is 1.95 bits per heavy atom. The van der Waals surface area contributed by atoms with E-state index in [1.807, 2.05) is 12.1 Å². The third-order valence-electron chi connectivity index (χ3n) is 3.35. The first-order chi connectivity index (χ1) is 10.0. The van der Waals surface area contributed by atoms with Crippen LogP contribution < -0.4 is 5.73 Å². The van der Waals surface area contributed by atoms with Crippen LogP contribution in [0, 0.1) is 0 Å². The Kier molecular flexibility index (Phi) is 5.26. The molecule has 0 fully saturated rings. The molecule has 0 aliphatic rings. The van der Waals surface area contributed by atoms with Crippen LogP contribution in [-0.2, 0) is 9.53 Å². The van der Waals surface area contributed by atoms with Crippen molar-refractivity contribution in [1.82, 2.24) is 0 Å². The molecule has 4 heteroatoms. The van der Waals surface area contributed by atoms with Gasteiger partial charge in [-0.2, -0.15) is 0 Å². The summed E-state index contributed by atoms with van der Waals surface area (Å²) in [6, 6.07) is 14.7. The molecule has 0 aliphatic carbocycles. The molecule has 1 unspecified atom stereocenters. The second-order valence-corrected chi connectivity index (χ2v) is 6.41. The van der Waals surface area contributed by atoms with Crippen molar-refractivity contribution in [2.75, 3.05) is 12.4 Å². The lowest BCUT2D eigenvalue weighted by atomic mass is 10.0. The van der Waals surface area contributed by atoms with Crippen molar-refractivity contribution < 1.29 is 9.53 Å². The van der Waals surface area contributed by atoms with Crippen LogP contribution in [0.4, 0.5) is 0 Å². The first kappa shape index (κ1) is 15.9. The van der Waals surface area contributed by atoms with Crippen molar-refractivity contribution in [2.45, 2.75) is 30.7 Å². The average Bonchev–Trinajstić information content (AvgIpc) is 2.47. The van der Waals surface area contributed by atoms with E-state index in [0.717, 1.165) is 5.75 Å². The fourth-order valence-electron chi connectivity index (χ4n) is 2.04. The molecular weight excluding hydrogens is 282 g/mol. The summed E-state index contributed by atoms with van der Waals surface area (Å²) < 4.78 is 4.99. The molecule has 0 aliphatic heterocycles. The molecule has 2 rings (SSSR count). The van der Waals surface area contributed by atoms with E-state index in [9.17, 15) is 4.79 Å². The van der Waals surface area contributed by atoms with E-state index in [0.29, 0.717) is 13.0 Å². The summed E-state index contributed by atoms with van der Waals surface area (Å²) in [5, 5.41) is 2.46. The highest BCUT2D eigenvalue weighted by molar-refractivity contribution is 7.99. The van der Waals surface area contributed by atoms with Crippen LogP contribution in [0.25, 0.3) is 10.8 Å². The minimum Gasteiger partial charge on any atom is -0.465 e. The second kappa shape index (κ2) is 6.96. The molecule has 2 N–H and O–H groups in total. The second-order valence-electron chi connectivity index (χ2n) is 5.25. The lowest BCUT2D eigenvalue weighted by Gasteiger charge is -2.21. The molecule has 0 radical (unpaired) electrons. The van der Waals surface area contributed by atoms with Gasteiger partial charge in [-0.05, 0) is 43.2 Å². The Balaban J connectivity index is 1.94. The molecule has 1 atom stereocenters. The van der Waals surface area contributed by atoms with E-state index in [1.54, 1.807) is 25.6 Å². The number of fused-ring (bicyclic) bond motifs is 1. The molecule has 0 amide bonds. The van der Waals surface area contributed by atoms with E-state index in [4.69, 9.17) is 10.5 Å². The van der Waals surface area contributed by atoms with Crippen molar-refractivity contribution in [3.8, 4) is 0 Å². The Morgan fingerprint density at radius 1 is 1.24 bits per heavy atom. The predicted octanol–water partition coefficient (Wildman–Crippen LogP) is 3.60. The number of ether oxygens (including phenoxy) is 1. The van der Waals surface area contributed by atoms with Gasteiger partial charge >= 0.3 is 5.97 Å². The molecule has 0 heterocycles. The maximum absolute atomic E-state index is 11.7. The first-order valence-corrected chi connectivity index (χ1v) is 8.09. The van der Waals surface area contributed by atoms with Gasteiger partial charge in [0.15, 0.2) is 0 Å². The van der Waals surface area contributed by atoms with Gasteiger partial charge in [0.05, 0.1) is 6.61 Å². The summed E-state index contributed by atoms with van der Waals surface area (Å²) in [6.45, 7) is 3.88. The molecule has 112 valence electrons. The monoisotopic (exact) mass is 303 g/mol. The molecule has 0 saturated carbocycles. The van der Waals surface area contributed by atoms with E-state index < -0.39 is 5.54 Å². The predicted molar refractivity (Wildman–Crippen MR) is 88.5 cm³/mol. The number of carbonyl (C=O) groups is 1. The third-order valence-corrected chi connectivity index (χ3v) is 4.35. The molecule has 2 aromatic carbocycles. The van der Waals surface area contributed by atoms with E-state index in [1.165, 1.54) is 15.7 Å². The van der Waals surface area contributed by atoms with E-state index >= 15 is 0 Å². The normalized spacial score (nSPS) is 13.9. The molecule has 0 aromatic heterocycles. The van der Waals surface area contributed by atoms with Gasteiger partial charge in [0.2, 0.25) is 0 Å². The molecule has 0 spiro atoms. The number of esters is 1. The van der Waals surface area contributed by atoms with Gasteiger partial charge < -0.3 is 10.5 Å². The van der Waals surface area contributed by atoms with Crippen LogP contribution in [0.2, 0.25) is 0 Å². The largest absolute Gasteiger partial charge is 0.465 e. The van der Waals surface area contributed by atoms with Crippen LogP contribution in [0.1, 0.15) is 20.3 Å². The van der Waals surface area contributed by atoms with Gasteiger partial charge in [-0.25, -0.2) is 0 Å². The van der Waals surface area contributed by atoms with E-state index in [-0.39, 0.29) is 5.97 Å². The summed E-state index contributed by atoms with van der Waals surface area (Å²) >= 11 is 1.71. The number of rotatable bonds is 6. The zero-order valence-electron chi connectivity index (χ0n) is 12.5. The highest BCUT2D eigenvalue weighted by atomic mass is 32.2. The van der Waals surface area contributed by atoms with Crippen molar-refractivity contribution in [2.24, 2.45) is 5.73 Å². The molecular formula is C17H21NO2S.